The molecule has 66 valence electrons. The maximum absolute atomic E-state index is 12.5. The summed E-state index contributed by atoms with van der Waals surface area (Å²) in [5.74, 6) is -0.203. The highest BCUT2D eigenvalue weighted by atomic mass is 79.9. The van der Waals surface area contributed by atoms with Crippen LogP contribution in [0.5, 0.6) is 0 Å². The molecule has 0 saturated carbocycles. The van der Waals surface area contributed by atoms with E-state index in [-0.39, 0.29) is 10.6 Å². The molecular formula is C9H11BrFN. The van der Waals surface area contributed by atoms with Crippen LogP contribution in [0.2, 0.25) is 0 Å². The van der Waals surface area contributed by atoms with Crippen molar-refractivity contribution in [1.82, 2.24) is 0 Å². The minimum atomic E-state index is -0.203. The Morgan fingerprint density at radius 3 is 2.42 bits per heavy atom. The van der Waals surface area contributed by atoms with E-state index in [2.05, 4.69) is 15.9 Å². The molecule has 0 saturated heterocycles. The van der Waals surface area contributed by atoms with Crippen LogP contribution in [0.4, 0.5) is 4.39 Å². The van der Waals surface area contributed by atoms with E-state index in [4.69, 9.17) is 5.73 Å². The van der Waals surface area contributed by atoms with Gasteiger partial charge in [0.05, 0.1) is 0 Å². The topological polar surface area (TPSA) is 26.0 Å². The van der Waals surface area contributed by atoms with Gasteiger partial charge >= 0.3 is 0 Å². The molecule has 0 amide bonds. The first kappa shape index (κ1) is 9.68. The summed E-state index contributed by atoms with van der Waals surface area (Å²) in [5.41, 5.74) is 6.46. The second kappa shape index (κ2) is 4.58. The van der Waals surface area contributed by atoms with Crippen molar-refractivity contribution in [3.63, 3.8) is 0 Å². The third-order valence-electron chi connectivity index (χ3n) is 1.65. The van der Waals surface area contributed by atoms with Gasteiger partial charge in [0, 0.05) is 4.83 Å². The van der Waals surface area contributed by atoms with Crippen LogP contribution in [0.1, 0.15) is 16.8 Å². The fourth-order valence-corrected chi connectivity index (χ4v) is 1.55. The largest absolute Gasteiger partial charge is 0.330 e. The van der Waals surface area contributed by atoms with E-state index in [1.54, 1.807) is 12.1 Å². The quantitative estimate of drug-likeness (QED) is 0.796. The van der Waals surface area contributed by atoms with E-state index in [0.717, 1.165) is 12.0 Å². The number of halogens is 2. The molecule has 0 aromatic heterocycles. The highest BCUT2D eigenvalue weighted by Gasteiger charge is 2.05. The Morgan fingerprint density at radius 1 is 1.33 bits per heavy atom. The molecule has 1 aromatic rings. The van der Waals surface area contributed by atoms with Crippen molar-refractivity contribution in [2.24, 2.45) is 5.73 Å². The molecule has 0 bridgehead atoms. The molecule has 0 aliphatic heterocycles. The van der Waals surface area contributed by atoms with Crippen molar-refractivity contribution >= 4 is 15.9 Å². The van der Waals surface area contributed by atoms with Gasteiger partial charge in [0.15, 0.2) is 0 Å². The smallest absolute Gasteiger partial charge is 0.123 e. The third-order valence-corrected chi connectivity index (χ3v) is 2.64. The first-order valence-corrected chi connectivity index (χ1v) is 4.75. The molecule has 0 spiro atoms. The highest BCUT2D eigenvalue weighted by molar-refractivity contribution is 9.09. The summed E-state index contributed by atoms with van der Waals surface area (Å²) in [7, 11) is 0. The van der Waals surface area contributed by atoms with Crippen LogP contribution >= 0.6 is 15.9 Å². The maximum Gasteiger partial charge on any atom is 0.123 e. The predicted octanol–water partition coefficient (Wildman–Crippen LogP) is 2.61. The van der Waals surface area contributed by atoms with Crippen molar-refractivity contribution < 1.29 is 4.39 Å². The van der Waals surface area contributed by atoms with E-state index in [1.165, 1.54) is 12.1 Å². The predicted molar refractivity (Wildman–Crippen MR) is 51.7 cm³/mol. The average Bonchev–Trinajstić information content (AvgIpc) is 2.06. The van der Waals surface area contributed by atoms with Crippen LogP contribution in [-0.2, 0) is 0 Å². The van der Waals surface area contributed by atoms with Gasteiger partial charge in [-0.2, -0.15) is 0 Å². The van der Waals surface area contributed by atoms with Gasteiger partial charge < -0.3 is 5.73 Å². The van der Waals surface area contributed by atoms with Crippen LogP contribution in [-0.4, -0.2) is 6.54 Å². The second-order valence-electron chi connectivity index (χ2n) is 2.60. The molecule has 1 atom stereocenters. The van der Waals surface area contributed by atoms with E-state index in [0.29, 0.717) is 6.54 Å². The van der Waals surface area contributed by atoms with Gasteiger partial charge in [-0.15, -0.1) is 0 Å². The van der Waals surface area contributed by atoms with Gasteiger partial charge in [-0.25, -0.2) is 4.39 Å². The molecule has 0 radical (unpaired) electrons. The highest BCUT2D eigenvalue weighted by Crippen LogP contribution is 2.25. The molecule has 1 rings (SSSR count). The van der Waals surface area contributed by atoms with Gasteiger partial charge in [0.2, 0.25) is 0 Å². The van der Waals surface area contributed by atoms with Crippen LogP contribution in [0.25, 0.3) is 0 Å². The first-order valence-electron chi connectivity index (χ1n) is 3.83. The molecule has 0 fully saturated rings. The van der Waals surface area contributed by atoms with Crippen molar-refractivity contribution in [3.8, 4) is 0 Å². The molecule has 1 unspecified atom stereocenters. The molecule has 0 aliphatic carbocycles. The summed E-state index contributed by atoms with van der Waals surface area (Å²) in [6, 6.07) is 6.45. The first-order chi connectivity index (χ1) is 5.74. The minimum absolute atomic E-state index is 0.203. The minimum Gasteiger partial charge on any atom is -0.330 e. The number of rotatable bonds is 3. The number of hydrogen-bond acceptors (Lipinski definition) is 1. The van der Waals surface area contributed by atoms with Crippen LogP contribution in [0.15, 0.2) is 24.3 Å². The zero-order chi connectivity index (χ0) is 8.97. The molecule has 1 aromatic carbocycles. The molecule has 0 heterocycles. The monoisotopic (exact) mass is 231 g/mol. The van der Waals surface area contributed by atoms with Crippen molar-refractivity contribution in [1.29, 1.82) is 0 Å². The summed E-state index contributed by atoms with van der Waals surface area (Å²) in [4.78, 5) is 0.239. The molecule has 3 heteroatoms. The van der Waals surface area contributed by atoms with Crippen molar-refractivity contribution in [2.75, 3.05) is 6.54 Å². The third kappa shape index (κ3) is 2.57. The number of hydrogen-bond donors (Lipinski definition) is 1. The SMILES string of the molecule is NCCC(Br)c1ccc(F)cc1. The van der Waals surface area contributed by atoms with E-state index < -0.39 is 0 Å². The van der Waals surface area contributed by atoms with Crippen molar-refractivity contribution in [3.05, 3.63) is 35.6 Å². The molecule has 12 heavy (non-hydrogen) atoms. The average molecular weight is 232 g/mol. The van der Waals surface area contributed by atoms with Crippen LogP contribution in [0.3, 0.4) is 0 Å². The zero-order valence-electron chi connectivity index (χ0n) is 6.63. The van der Waals surface area contributed by atoms with Gasteiger partial charge in [0.1, 0.15) is 5.82 Å². The molecular weight excluding hydrogens is 221 g/mol. The molecule has 2 N–H and O–H groups in total. The summed E-state index contributed by atoms with van der Waals surface area (Å²) >= 11 is 3.47. The lowest BCUT2D eigenvalue weighted by molar-refractivity contribution is 0.626. The standard InChI is InChI=1S/C9H11BrFN/c10-9(5-6-12)7-1-3-8(11)4-2-7/h1-4,9H,5-6,12H2. The number of nitrogens with two attached hydrogens (primary N) is 1. The van der Waals surface area contributed by atoms with Gasteiger partial charge in [0.25, 0.3) is 0 Å². The summed E-state index contributed by atoms with van der Waals surface area (Å²) in [6.07, 6.45) is 0.867. The summed E-state index contributed by atoms with van der Waals surface area (Å²) < 4.78 is 12.5. The lowest BCUT2D eigenvalue weighted by Gasteiger charge is -2.07. The Bertz CT molecular complexity index is 235. The number of benzene rings is 1. The Hall–Kier alpha value is -0.410. The fourth-order valence-electron chi connectivity index (χ4n) is 0.985. The Labute approximate surface area is 79.9 Å². The summed E-state index contributed by atoms with van der Waals surface area (Å²) in [6.45, 7) is 0.632. The van der Waals surface area contributed by atoms with Crippen LogP contribution in [0, 0.1) is 5.82 Å². The lowest BCUT2D eigenvalue weighted by atomic mass is 10.1. The maximum atomic E-state index is 12.5. The van der Waals surface area contributed by atoms with E-state index >= 15 is 0 Å². The Morgan fingerprint density at radius 2 is 1.92 bits per heavy atom. The van der Waals surface area contributed by atoms with Gasteiger partial charge in [-0.3, -0.25) is 0 Å². The van der Waals surface area contributed by atoms with Crippen LogP contribution < -0.4 is 5.73 Å². The summed E-state index contributed by atoms with van der Waals surface area (Å²) in [5, 5.41) is 0. The van der Waals surface area contributed by atoms with Crippen molar-refractivity contribution in [2.45, 2.75) is 11.2 Å². The second-order valence-corrected chi connectivity index (χ2v) is 3.70. The fraction of sp³-hybridized carbons (Fsp3) is 0.333. The lowest BCUT2D eigenvalue weighted by Crippen LogP contribution is -2.02. The Balaban J connectivity index is 2.68. The normalized spacial score (nSPS) is 12.9. The Kier molecular flexibility index (Phi) is 3.69. The van der Waals surface area contributed by atoms with Gasteiger partial charge in [-0.05, 0) is 30.7 Å². The van der Waals surface area contributed by atoms with E-state index in [1.807, 2.05) is 0 Å². The number of alkyl halides is 1. The molecule has 0 aliphatic rings. The van der Waals surface area contributed by atoms with Gasteiger partial charge in [-0.1, -0.05) is 28.1 Å². The zero-order valence-corrected chi connectivity index (χ0v) is 8.22. The molecule has 1 nitrogen and oxygen atoms in total. The van der Waals surface area contributed by atoms with E-state index in [9.17, 15) is 4.39 Å².